The van der Waals surface area contributed by atoms with Crippen LogP contribution in [0.5, 0.6) is 5.75 Å². The molecular weight excluding hydrogens is 531 g/mol. The van der Waals surface area contributed by atoms with Crippen LogP contribution in [0.1, 0.15) is 0 Å². The molecule has 0 aliphatic rings. The van der Waals surface area contributed by atoms with Gasteiger partial charge in [0.1, 0.15) is 17.2 Å². The molecule has 2 aromatic carbocycles. The predicted octanol–water partition coefficient (Wildman–Crippen LogP) is 5.31. The van der Waals surface area contributed by atoms with Gasteiger partial charge < -0.3 is 9.15 Å². The molecule has 34 heavy (non-hydrogen) atoms. The molecule has 0 aliphatic heterocycles. The van der Waals surface area contributed by atoms with E-state index in [1.807, 2.05) is 0 Å². The molecule has 6 nitrogen and oxygen atoms in total. The number of nitrogens with zero attached hydrogens (tertiary/aromatic N) is 2. The predicted molar refractivity (Wildman–Crippen MR) is 100 cm³/mol. The highest BCUT2D eigenvalue weighted by Crippen LogP contribution is 2.42. The molecule has 3 rings (SSSR count). The molecule has 16 heteroatoms. The molecule has 0 saturated heterocycles. The SMILES string of the molecule is O=c1nc(-c2c(F)cccc2F)oc(=O)n1-c1cc(Cl)c(OC(F)(F)C(F)C(F)(F)F)c(Cl)c1. The lowest BCUT2D eigenvalue weighted by atomic mass is 10.2. The van der Waals surface area contributed by atoms with Crippen LogP contribution >= 0.6 is 23.2 Å². The van der Waals surface area contributed by atoms with Crippen molar-refractivity contribution >= 4 is 23.2 Å². The van der Waals surface area contributed by atoms with Gasteiger partial charge in [0.2, 0.25) is 5.89 Å². The molecule has 0 amide bonds. The van der Waals surface area contributed by atoms with Crippen molar-refractivity contribution in [1.29, 1.82) is 0 Å². The Morgan fingerprint density at radius 2 is 1.53 bits per heavy atom. The smallest absolute Gasteiger partial charge is 0.427 e. The maximum absolute atomic E-state index is 13.9. The Bertz CT molecular complexity index is 1300. The number of halogens is 10. The van der Waals surface area contributed by atoms with E-state index in [1.165, 1.54) is 0 Å². The second kappa shape index (κ2) is 8.91. The second-order valence-electron chi connectivity index (χ2n) is 6.31. The van der Waals surface area contributed by atoms with Gasteiger partial charge in [-0.05, 0) is 24.3 Å². The van der Waals surface area contributed by atoms with E-state index in [2.05, 4.69) is 14.1 Å². The van der Waals surface area contributed by atoms with Gasteiger partial charge in [0, 0.05) is 0 Å². The van der Waals surface area contributed by atoms with Gasteiger partial charge in [-0.2, -0.15) is 31.5 Å². The van der Waals surface area contributed by atoms with Crippen molar-refractivity contribution in [2.24, 2.45) is 0 Å². The Morgan fingerprint density at radius 3 is 2.00 bits per heavy atom. The fourth-order valence-electron chi connectivity index (χ4n) is 2.54. The summed E-state index contributed by atoms with van der Waals surface area (Å²) in [5.74, 6) is -6.35. The number of hydrogen-bond donors (Lipinski definition) is 0. The zero-order valence-electron chi connectivity index (χ0n) is 15.8. The minimum atomic E-state index is -5.99. The van der Waals surface area contributed by atoms with Crippen molar-refractivity contribution in [1.82, 2.24) is 9.55 Å². The van der Waals surface area contributed by atoms with Crippen molar-refractivity contribution in [2.45, 2.75) is 18.5 Å². The second-order valence-corrected chi connectivity index (χ2v) is 7.12. The van der Waals surface area contributed by atoms with Crippen molar-refractivity contribution in [2.75, 3.05) is 0 Å². The average Bonchev–Trinajstić information content (AvgIpc) is 2.69. The molecule has 0 bridgehead atoms. The summed E-state index contributed by atoms with van der Waals surface area (Å²) >= 11 is 11.3. The van der Waals surface area contributed by atoms with Gasteiger partial charge in [0.05, 0.1) is 15.7 Å². The molecule has 1 atom stereocenters. The summed E-state index contributed by atoms with van der Waals surface area (Å²) in [7, 11) is 0. The summed E-state index contributed by atoms with van der Waals surface area (Å²) in [6.45, 7) is 0. The number of benzene rings is 2. The summed E-state index contributed by atoms with van der Waals surface area (Å²) < 4.78 is 113. The summed E-state index contributed by atoms with van der Waals surface area (Å²) in [5, 5.41) is -1.93. The molecular formula is C18H6Cl2F8N2O4. The Morgan fingerprint density at radius 1 is 1.00 bits per heavy atom. The quantitative estimate of drug-likeness (QED) is 0.413. The molecule has 1 aromatic heterocycles. The number of alkyl halides is 6. The van der Waals surface area contributed by atoms with E-state index < -0.39 is 74.5 Å². The van der Waals surface area contributed by atoms with Crippen LogP contribution in [-0.4, -0.2) is 28.0 Å². The third-order valence-corrected chi connectivity index (χ3v) is 4.55. The lowest BCUT2D eigenvalue weighted by Crippen LogP contribution is -2.45. The molecule has 1 heterocycles. The molecule has 0 N–H and O–H groups in total. The largest absolute Gasteiger partial charge is 0.439 e. The van der Waals surface area contributed by atoms with Crippen molar-refractivity contribution in [3.05, 3.63) is 73.0 Å². The fourth-order valence-corrected chi connectivity index (χ4v) is 3.10. The van der Waals surface area contributed by atoms with Gasteiger partial charge in [0.25, 0.3) is 6.17 Å². The van der Waals surface area contributed by atoms with Gasteiger partial charge in [-0.25, -0.2) is 22.8 Å². The highest BCUT2D eigenvalue weighted by atomic mass is 35.5. The maximum Gasteiger partial charge on any atom is 0.439 e. The van der Waals surface area contributed by atoms with Gasteiger partial charge in [-0.1, -0.05) is 29.3 Å². The monoisotopic (exact) mass is 536 g/mol. The van der Waals surface area contributed by atoms with E-state index in [-0.39, 0.29) is 4.57 Å². The highest BCUT2D eigenvalue weighted by molar-refractivity contribution is 6.37. The average molecular weight is 537 g/mol. The van der Waals surface area contributed by atoms with E-state index in [4.69, 9.17) is 23.2 Å². The zero-order valence-corrected chi connectivity index (χ0v) is 17.3. The minimum Gasteiger partial charge on any atom is -0.427 e. The zero-order chi connectivity index (χ0) is 25.6. The number of rotatable bonds is 5. The van der Waals surface area contributed by atoms with Crippen LogP contribution in [-0.2, 0) is 0 Å². The van der Waals surface area contributed by atoms with Crippen LogP contribution in [0.3, 0.4) is 0 Å². The number of aromatic nitrogens is 2. The lowest BCUT2D eigenvalue weighted by Gasteiger charge is -2.24. The van der Waals surface area contributed by atoms with Crippen LogP contribution in [0.15, 0.2) is 44.3 Å². The first kappa shape index (κ1) is 25.5. The van der Waals surface area contributed by atoms with Crippen molar-refractivity contribution in [3.63, 3.8) is 0 Å². The summed E-state index contributed by atoms with van der Waals surface area (Å²) in [6, 6.07) is 3.69. The molecule has 3 aromatic rings. The third-order valence-electron chi connectivity index (χ3n) is 3.99. The molecule has 0 aliphatic carbocycles. The third kappa shape index (κ3) is 4.87. The van der Waals surface area contributed by atoms with Gasteiger partial charge >= 0.3 is 23.7 Å². The van der Waals surface area contributed by atoms with Crippen LogP contribution in [0.25, 0.3) is 17.1 Å². The topological polar surface area (TPSA) is 74.3 Å². The first-order valence-corrected chi connectivity index (χ1v) is 9.24. The maximum atomic E-state index is 13.9. The molecule has 0 fully saturated rings. The molecule has 1 unspecified atom stereocenters. The van der Waals surface area contributed by atoms with E-state index in [0.717, 1.165) is 18.2 Å². The van der Waals surface area contributed by atoms with Crippen LogP contribution in [0.4, 0.5) is 35.1 Å². The van der Waals surface area contributed by atoms with Crippen LogP contribution in [0.2, 0.25) is 10.0 Å². The number of ether oxygens (including phenoxy) is 1. The first-order valence-electron chi connectivity index (χ1n) is 8.49. The summed E-state index contributed by atoms with van der Waals surface area (Å²) in [5.41, 5.74) is -3.03. The highest BCUT2D eigenvalue weighted by Gasteiger charge is 2.59. The Hall–Kier alpha value is -3.13. The summed E-state index contributed by atoms with van der Waals surface area (Å²) in [6.07, 6.45) is -16.2. The Balaban J connectivity index is 2.06. The standard InChI is InChI=1S/C18H6Cl2F8N2O4/c19-7-4-6(5-8(20)12(7)34-18(27,28)14(23)17(24,25)26)30-15(31)29-13(33-16(30)32)11-9(21)2-1-3-10(11)22/h1-5,14H. The Labute approximate surface area is 191 Å². The van der Waals surface area contributed by atoms with Gasteiger partial charge in [-0.15, -0.1) is 0 Å². The van der Waals surface area contributed by atoms with Crippen molar-refractivity contribution < 1.29 is 44.3 Å². The van der Waals surface area contributed by atoms with E-state index in [9.17, 15) is 44.7 Å². The fraction of sp³-hybridized carbons (Fsp3) is 0.167. The number of hydrogen-bond acceptors (Lipinski definition) is 5. The summed E-state index contributed by atoms with van der Waals surface area (Å²) in [4.78, 5) is 27.9. The molecule has 182 valence electrons. The van der Waals surface area contributed by atoms with Gasteiger partial charge in [-0.3, -0.25) is 0 Å². The first-order chi connectivity index (χ1) is 15.6. The normalized spacial score (nSPS) is 13.1. The van der Waals surface area contributed by atoms with Crippen molar-refractivity contribution in [3.8, 4) is 22.9 Å². The molecule has 0 spiro atoms. The van der Waals surface area contributed by atoms with E-state index in [1.54, 1.807) is 0 Å². The minimum absolute atomic E-state index is 0.107. The molecule has 0 saturated carbocycles. The molecule has 0 radical (unpaired) electrons. The lowest BCUT2D eigenvalue weighted by molar-refractivity contribution is -0.304. The van der Waals surface area contributed by atoms with Gasteiger partial charge in [0.15, 0.2) is 5.75 Å². The van der Waals surface area contributed by atoms with E-state index in [0.29, 0.717) is 12.1 Å². The van der Waals surface area contributed by atoms with Crippen LogP contribution in [0, 0.1) is 11.6 Å². The Kier molecular flexibility index (Phi) is 6.68. The van der Waals surface area contributed by atoms with Crippen LogP contribution < -0.4 is 16.2 Å². The van der Waals surface area contributed by atoms with E-state index >= 15 is 0 Å².